The summed E-state index contributed by atoms with van der Waals surface area (Å²) in [6.07, 6.45) is 0. The van der Waals surface area contributed by atoms with Crippen LogP contribution < -0.4 is 0 Å². The Labute approximate surface area is 145 Å². The molecule has 0 amide bonds. The van der Waals surface area contributed by atoms with Gasteiger partial charge in [0.15, 0.2) is 0 Å². The van der Waals surface area contributed by atoms with Gasteiger partial charge in [0.1, 0.15) is 5.75 Å². The molecule has 0 saturated carbocycles. The first-order chi connectivity index (χ1) is 12.3. The molecule has 0 spiro atoms. The molecular weight excluding hydrogens is 304 g/mol. The molecule has 0 atom stereocenters. The number of phenols is 1. The molecule has 5 aromatic carbocycles. The van der Waals surface area contributed by atoms with E-state index in [-0.39, 0.29) is 0 Å². The Balaban J connectivity index is 1.93. The Bertz CT molecular complexity index is 1230. The van der Waals surface area contributed by atoms with Crippen molar-refractivity contribution in [3.05, 3.63) is 91.0 Å². The van der Waals surface area contributed by atoms with Gasteiger partial charge in [-0.15, -0.1) is 0 Å². The predicted octanol–water partition coefficient (Wildman–Crippen LogP) is 6.52. The maximum atomic E-state index is 9.61. The standard InChI is InChI=1S/C24H16O/c25-21-12-10-16(11-13-21)22-7-3-6-17-8-9-20-14-18-4-1-2-5-19(18)15-23(20)24(17)22/h1-15,25H. The van der Waals surface area contributed by atoms with Crippen molar-refractivity contribution < 1.29 is 5.11 Å². The van der Waals surface area contributed by atoms with Crippen molar-refractivity contribution in [1.82, 2.24) is 0 Å². The fraction of sp³-hybridized carbons (Fsp3) is 0. The molecule has 1 nitrogen and oxygen atoms in total. The zero-order valence-electron chi connectivity index (χ0n) is 13.6. The lowest BCUT2D eigenvalue weighted by atomic mass is 9.92. The van der Waals surface area contributed by atoms with Crippen molar-refractivity contribution in [2.24, 2.45) is 0 Å². The molecule has 0 fully saturated rings. The van der Waals surface area contributed by atoms with Gasteiger partial charge in [0, 0.05) is 0 Å². The average Bonchev–Trinajstić information content (AvgIpc) is 2.66. The minimum absolute atomic E-state index is 0.292. The highest BCUT2D eigenvalue weighted by Gasteiger charge is 2.09. The quantitative estimate of drug-likeness (QED) is 0.275. The topological polar surface area (TPSA) is 20.2 Å². The lowest BCUT2D eigenvalue weighted by molar-refractivity contribution is 0.475. The van der Waals surface area contributed by atoms with Crippen molar-refractivity contribution in [3.63, 3.8) is 0 Å². The molecule has 0 aromatic heterocycles. The van der Waals surface area contributed by atoms with Crippen LogP contribution in [0, 0.1) is 0 Å². The Kier molecular flexibility index (Phi) is 3.01. The molecule has 0 aliphatic carbocycles. The van der Waals surface area contributed by atoms with Gasteiger partial charge in [-0.3, -0.25) is 0 Å². The van der Waals surface area contributed by atoms with Crippen molar-refractivity contribution >= 4 is 32.3 Å². The molecule has 0 unspecified atom stereocenters. The summed E-state index contributed by atoms with van der Waals surface area (Å²) >= 11 is 0. The van der Waals surface area contributed by atoms with Gasteiger partial charge in [-0.2, -0.15) is 0 Å². The van der Waals surface area contributed by atoms with Crippen LogP contribution in [0.4, 0.5) is 0 Å². The van der Waals surface area contributed by atoms with E-state index in [2.05, 4.69) is 66.7 Å². The summed E-state index contributed by atoms with van der Waals surface area (Å²) in [5.41, 5.74) is 2.31. The molecule has 25 heavy (non-hydrogen) atoms. The summed E-state index contributed by atoms with van der Waals surface area (Å²) in [5, 5.41) is 17.1. The lowest BCUT2D eigenvalue weighted by Crippen LogP contribution is -1.84. The second-order valence-corrected chi connectivity index (χ2v) is 6.44. The van der Waals surface area contributed by atoms with Gasteiger partial charge >= 0.3 is 0 Å². The minimum atomic E-state index is 0.292. The third kappa shape index (κ3) is 2.25. The van der Waals surface area contributed by atoms with Crippen LogP contribution in [0.15, 0.2) is 91.0 Å². The summed E-state index contributed by atoms with van der Waals surface area (Å²) in [7, 11) is 0. The van der Waals surface area contributed by atoms with E-state index in [0.717, 1.165) is 5.56 Å². The largest absolute Gasteiger partial charge is 0.508 e. The van der Waals surface area contributed by atoms with Crippen LogP contribution >= 0.6 is 0 Å². The van der Waals surface area contributed by atoms with Gasteiger partial charge in [-0.05, 0) is 67.7 Å². The first-order valence-corrected chi connectivity index (χ1v) is 8.43. The molecule has 0 bridgehead atoms. The van der Waals surface area contributed by atoms with Crippen LogP contribution in [0.3, 0.4) is 0 Å². The monoisotopic (exact) mass is 320 g/mol. The molecular formula is C24H16O. The summed E-state index contributed by atoms with van der Waals surface area (Å²) in [5.74, 6) is 0.292. The molecule has 0 saturated heterocycles. The van der Waals surface area contributed by atoms with E-state index in [9.17, 15) is 5.11 Å². The SMILES string of the molecule is Oc1ccc(-c2cccc3ccc4cc5ccccc5cc4c23)cc1. The summed E-state index contributed by atoms with van der Waals surface area (Å²) in [4.78, 5) is 0. The summed E-state index contributed by atoms with van der Waals surface area (Å²) in [6, 6.07) is 31.3. The highest BCUT2D eigenvalue weighted by molar-refractivity contribution is 6.17. The molecule has 0 aliphatic heterocycles. The maximum absolute atomic E-state index is 9.61. The number of rotatable bonds is 1. The van der Waals surface area contributed by atoms with Crippen molar-refractivity contribution in [3.8, 4) is 16.9 Å². The van der Waals surface area contributed by atoms with Crippen molar-refractivity contribution in [2.45, 2.75) is 0 Å². The van der Waals surface area contributed by atoms with Crippen molar-refractivity contribution in [1.29, 1.82) is 0 Å². The van der Waals surface area contributed by atoms with E-state index in [1.165, 1.54) is 37.9 Å². The Morgan fingerprint density at radius 1 is 0.520 bits per heavy atom. The number of hydrogen-bond donors (Lipinski definition) is 1. The normalized spacial score (nSPS) is 11.4. The third-order valence-electron chi connectivity index (χ3n) is 4.90. The molecule has 5 rings (SSSR count). The molecule has 118 valence electrons. The second kappa shape index (κ2) is 5.35. The van der Waals surface area contributed by atoms with Gasteiger partial charge in [0.05, 0.1) is 0 Å². The van der Waals surface area contributed by atoms with Crippen LogP contribution in [-0.2, 0) is 0 Å². The van der Waals surface area contributed by atoms with E-state index in [1.807, 2.05) is 12.1 Å². The van der Waals surface area contributed by atoms with Gasteiger partial charge < -0.3 is 5.11 Å². The van der Waals surface area contributed by atoms with E-state index in [4.69, 9.17) is 0 Å². The molecule has 1 N–H and O–H groups in total. The Morgan fingerprint density at radius 3 is 2.00 bits per heavy atom. The van der Waals surface area contributed by atoms with E-state index < -0.39 is 0 Å². The highest BCUT2D eigenvalue weighted by Crippen LogP contribution is 2.36. The summed E-state index contributed by atoms with van der Waals surface area (Å²) < 4.78 is 0. The predicted molar refractivity (Wildman–Crippen MR) is 106 cm³/mol. The molecule has 0 heterocycles. The van der Waals surface area contributed by atoms with E-state index >= 15 is 0 Å². The van der Waals surface area contributed by atoms with E-state index in [1.54, 1.807) is 12.1 Å². The second-order valence-electron chi connectivity index (χ2n) is 6.44. The lowest BCUT2D eigenvalue weighted by Gasteiger charge is -2.12. The fourth-order valence-corrected chi connectivity index (χ4v) is 3.68. The van der Waals surface area contributed by atoms with E-state index in [0.29, 0.717) is 5.75 Å². The van der Waals surface area contributed by atoms with Gasteiger partial charge in [-0.1, -0.05) is 66.7 Å². The van der Waals surface area contributed by atoms with Crippen molar-refractivity contribution in [2.75, 3.05) is 0 Å². The van der Waals surface area contributed by atoms with Crippen LogP contribution in [-0.4, -0.2) is 5.11 Å². The zero-order valence-corrected chi connectivity index (χ0v) is 13.6. The average molecular weight is 320 g/mol. The zero-order chi connectivity index (χ0) is 16.8. The van der Waals surface area contributed by atoms with Gasteiger partial charge in [0.2, 0.25) is 0 Å². The van der Waals surface area contributed by atoms with Gasteiger partial charge in [-0.25, -0.2) is 0 Å². The third-order valence-corrected chi connectivity index (χ3v) is 4.90. The number of hydrogen-bond acceptors (Lipinski definition) is 1. The van der Waals surface area contributed by atoms with Crippen LogP contribution in [0.25, 0.3) is 43.4 Å². The number of fused-ring (bicyclic) bond motifs is 4. The van der Waals surface area contributed by atoms with Gasteiger partial charge in [0.25, 0.3) is 0 Å². The van der Waals surface area contributed by atoms with Crippen LogP contribution in [0.2, 0.25) is 0 Å². The minimum Gasteiger partial charge on any atom is -0.508 e. The van der Waals surface area contributed by atoms with Crippen LogP contribution in [0.1, 0.15) is 0 Å². The Morgan fingerprint density at radius 2 is 1.20 bits per heavy atom. The first kappa shape index (κ1) is 14.1. The Hall–Kier alpha value is -3.32. The van der Waals surface area contributed by atoms with Crippen LogP contribution in [0.5, 0.6) is 5.75 Å². The number of phenolic OH excluding ortho intramolecular Hbond substituents is 1. The molecule has 0 aliphatic rings. The maximum Gasteiger partial charge on any atom is 0.115 e. The first-order valence-electron chi connectivity index (χ1n) is 8.43. The fourth-order valence-electron chi connectivity index (χ4n) is 3.68. The highest BCUT2D eigenvalue weighted by atomic mass is 16.3. The molecule has 1 heteroatoms. The molecule has 5 aromatic rings. The smallest absolute Gasteiger partial charge is 0.115 e. The summed E-state index contributed by atoms with van der Waals surface area (Å²) in [6.45, 7) is 0. The molecule has 0 radical (unpaired) electrons. The number of aromatic hydroxyl groups is 1. The number of benzene rings is 5.